The Hall–Kier alpha value is -2.98. The van der Waals surface area contributed by atoms with E-state index in [-0.39, 0.29) is 11.6 Å². The Morgan fingerprint density at radius 3 is 2.10 bits per heavy atom. The van der Waals surface area contributed by atoms with Gasteiger partial charge in [-0.3, -0.25) is 4.79 Å². The van der Waals surface area contributed by atoms with Crippen molar-refractivity contribution in [2.24, 2.45) is 0 Å². The molecule has 1 heterocycles. The molecular weight excluding hydrogens is 363 g/mol. The Balaban J connectivity index is 1.26. The zero-order valence-corrected chi connectivity index (χ0v) is 16.5. The van der Waals surface area contributed by atoms with E-state index in [0.29, 0.717) is 6.42 Å². The average molecular weight is 389 g/mol. The minimum absolute atomic E-state index is 0.201. The number of nitrogens with one attached hydrogen (secondary N) is 1. The molecule has 1 aliphatic rings. The number of Topliss-reactive ketones (excluding diaryl/α,β-unsaturated/α-hetero) is 1. The molecule has 1 N–H and O–H groups in total. The second-order valence-corrected chi connectivity index (χ2v) is 7.58. The summed E-state index contributed by atoms with van der Waals surface area (Å²) < 4.78 is 13.1. The molecule has 4 heteroatoms. The predicted octanol–water partition coefficient (Wildman–Crippen LogP) is 3.47. The molecule has 0 saturated carbocycles. The highest BCUT2D eigenvalue weighted by Crippen LogP contribution is 2.19. The van der Waals surface area contributed by atoms with Crippen molar-refractivity contribution in [3.05, 3.63) is 90.2 Å². The van der Waals surface area contributed by atoms with Crippen molar-refractivity contribution in [2.45, 2.75) is 6.42 Å². The number of carbonyl (C=O) groups is 1. The summed E-state index contributed by atoms with van der Waals surface area (Å²) in [6.07, 6.45) is 0.566. The van der Waals surface area contributed by atoms with Gasteiger partial charge in [-0.15, -0.1) is 0 Å². The highest BCUT2D eigenvalue weighted by atomic mass is 19.1. The second kappa shape index (κ2) is 9.01. The number of anilines is 1. The number of quaternary nitrogens is 1. The lowest BCUT2D eigenvalue weighted by Gasteiger charge is -2.33. The largest absolute Gasteiger partial charge is 0.360 e. The van der Waals surface area contributed by atoms with E-state index in [1.54, 1.807) is 0 Å². The number of hydrogen-bond donors (Lipinski definition) is 1. The number of ketones is 1. The highest BCUT2D eigenvalue weighted by molar-refractivity contribution is 5.96. The van der Waals surface area contributed by atoms with E-state index in [1.807, 2.05) is 54.6 Å². The van der Waals surface area contributed by atoms with E-state index in [4.69, 9.17) is 0 Å². The van der Waals surface area contributed by atoms with Crippen LogP contribution in [0.1, 0.15) is 16.8 Å². The zero-order chi connectivity index (χ0) is 20.1. The topological polar surface area (TPSA) is 24.8 Å². The Kier molecular flexibility index (Phi) is 6.01. The lowest BCUT2D eigenvalue weighted by Crippen LogP contribution is -3.15. The maximum atomic E-state index is 13.1. The van der Waals surface area contributed by atoms with Crippen molar-refractivity contribution >= 4 is 11.5 Å². The quantitative estimate of drug-likeness (QED) is 0.653. The van der Waals surface area contributed by atoms with Gasteiger partial charge in [-0.05, 0) is 35.4 Å². The molecule has 0 aromatic heterocycles. The third kappa shape index (κ3) is 4.90. The maximum Gasteiger partial charge on any atom is 0.168 e. The van der Waals surface area contributed by atoms with Gasteiger partial charge < -0.3 is 9.80 Å². The Morgan fingerprint density at radius 1 is 0.828 bits per heavy atom. The summed E-state index contributed by atoms with van der Waals surface area (Å²) >= 11 is 0. The molecule has 0 unspecified atom stereocenters. The van der Waals surface area contributed by atoms with Crippen LogP contribution in [0.2, 0.25) is 0 Å². The van der Waals surface area contributed by atoms with E-state index in [1.165, 1.54) is 17.0 Å². The normalized spacial score (nSPS) is 14.7. The summed E-state index contributed by atoms with van der Waals surface area (Å²) in [4.78, 5) is 16.3. The van der Waals surface area contributed by atoms with Crippen molar-refractivity contribution in [3.63, 3.8) is 0 Å². The van der Waals surface area contributed by atoms with Crippen molar-refractivity contribution in [1.82, 2.24) is 0 Å². The first-order chi connectivity index (χ1) is 14.2. The molecule has 0 aliphatic carbocycles. The molecule has 0 amide bonds. The molecule has 3 nitrogen and oxygen atoms in total. The molecule has 29 heavy (non-hydrogen) atoms. The zero-order valence-electron chi connectivity index (χ0n) is 16.5. The maximum absolute atomic E-state index is 13.1. The van der Waals surface area contributed by atoms with Crippen LogP contribution in [0.4, 0.5) is 10.1 Å². The van der Waals surface area contributed by atoms with Crippen LogP contribution in [0.25, 0.3) is 11.1 Å². The third-order valence-corrected chi connectivity index (χ3v) is 5.68. The SMILES string of the molecule is O=C(CC[NH+]1CCN(c2ccc(F)cc2)CC1)c1ccc(-c2ccccc2)cc1. The molecule has 1 saturated heterocycles. The molecule has 148 valence electrons. The number of carbonyl (C=O) groups excluding carboxylic acids is 1. The first-order valence-corrected chi connectivity index (χ1v) is 10.2. The highest BCUT2D eigenvalue weighted by Gasteiger charge is 2.21. The number of rotatable bonds is 6. The van der Waals surface area contributed by atoms with Crippen LogP contribution in [0.5, 0.6) is 0 Å². The van der Waals surface area contributed by atoms with Gasteiger partial charge in [-0.1, -0.05) is 54.6 Å². The van der Waals surface area contributed by atoms with Crippen LogP contribution in [-0.2, 0) is 0 Å². The minimum Gasteiger partial charge on any atom is -0.360 e. The van der Waals surface area contributed by atoms with E-state index in [0.717, 1.165) is 55.1 Å². The number of halogens is 1. The van der Waals surface area contributed by atoms with E-state index >= 15 is 0 Å². The molecule has 0 spiro atoms. The number of benzene rings is 3. The van der Waals surface area contributed by atoms with Gasteiger partial charge in [0.2, 0.25) is 0 Å². The Morgan fingerprint density at radius 2 is 1.45 bits per heavy atom. The molecule has 3 aromatic carbocycles. The number of nitrogens with zero attached hydrogens (tertiary/aromatic N) is 1. The van der Waals surface area contributed by atoms with Crippen LogP contribution < -0.4 is 9.80 Å². The third-order valence-electron chi connectivity index (χ3n) is 5.68. The molecule has 1 fully saturated rings. The Labute approximate surface area is 171 Å². The molecule has 4 rings (SSSR count). The molecule has 1 aliphatic heterocycles. The van der Waals surface area contributed by atoms with Crippen LogP contribution in [0, 0.1) is 5.82 Å². The van der Waals surface area contributed by atoms with Gasteiger partial charge in [-0.2, -0.15) is 0 Å². The fourth-order valence-electron chi connectivity index (χ4n) is 3.90. The van der Waals surface area contributed by atoms with Gasteiger partial charge in [0.25, 0.3) is 0 Å². The first kappa shape index (κ1) is 19.3. The molecule has 0 radical (unpaired) electrons. The van der Waals surface area contributed by atoms with Gasteiger partial charge in [-0.25, -0.2) is 4.39 Å². The summed E-state index contributed by atoms with van der Waals surface area (Å²) in [6.45, 7) is 4.72. The van der Waals surface area contributed by atoms with E-state index < -0.39 is 0 Å². The van der Waals surface area contributed by atoms with E-state index in [2.05, 4.69) is 17.0 Å². The molecule has 0 bridgehead atoms. The van der Waals surface area contributed by atoms with Crippen LogP contribution in [0.15, 0.2) is 78.9 Å². The van der Waals surface area contributed by atoms with Gasteiger partial charge in [0.1, 0.15) is 5.82 Å². The first-order valence-electron chi connectivity index (χ1n) is 10.2. The summed E-state index contributed by atoms with van der Waals surface area (Å²) in [5.41, 5.74) is 4.15. The summed E-state index contributed by atoms with van der Waals surface area (Å²) in [5.74, 6) is 0.00593. The van der Waals surface area contributed by atoms with Crippen molar-refractivity contribution < 1.29 is 14.1 Å². The van der Waals surface area contributed by atoms with Crippen molar-refractivity contribution in [2.75, 3.05) is 37.6 Å². The lowest BCUT2D eigenvalue weighted by atomic mass is 10.0. The molecule has 3 aromatic rings. The van der Waals surface area contributed by atoms with Gasteiger partial charge in [0.05, 0.1) is 39.1 Å². The fourth-order valence-corrected chi connectivity index (χ4v) is 3.90. The molecular formula is C25H26FN2O+. The standard InChI is InChI=1S/C25H25FN2O/c26-23-10-12-24(13-11-23)28-18-16-27(17-19-28)15-14-25(29)22-8-6-21(7-9-22)20-4-2-1-3-5-20/h1-13H,14-19H2/p+1. The molecule has 0 atom stereocenters. The summed E-state index contributed by atoms with van der Waals surface area (Å²) in [6, 6.07) is 24.8. The van der Waals surface area contributed by atoms with E-state index in [9.17, 15) is 9.18 Å². The second-order valence-electron chi connectivity index (χ2n) is 7.58. The van der Waals surface area contributed by atoms with Gasteiger partial charge in [0, 0.05) is 11.3 Å². The number of hydrogen-bond acceptors (Lipinski definition) is 2. The van der Waals surface area contributed by atoms with Crippen LogP contribution >= 0.6 is 0 Å². The van der Waals surface area contributed by atoms with Gasteiger partial charge >= 0.3 is 0 Å². The number of piperazine rings is 1. The minimum atomic E-state index is -0.201. The monoisotopic (exact) mass is 389 g/mol. The average Bonchev–Trinajstić information content (AvgIpc) is 2.79. The predicted molar refractivity (Wildman–Crippen MR) is 115 cm³/mol. The van der Waals surface area contributed by atoms with Crippen LogP contribution in [-0.4, -0.2) is 38.5 Å². The lowest BCUT2D eigenvalue weighted by molar-refractivity contribution is -0.899. The van der Waals surface area contributed by atoms with Gasteiger partial charge in [0.15, 0.2) is 5.78 Å². The van der Waals surface area contributed by atoms with Crippen molar-refractivity contribution in [1.29, 1.82) is 0 Å². The smallest absolute Gasteiger partial charge is 0.168 e. The summed E-state index contributed by atoms with van der Waals surface area (Å²) in [7, 11) is 0. The Bertz CT molecular complexity index is 931. The van der Waals surface area contributed by atoms with Crippen molar-refractivity contribution in [3.8, 4) is 11.1 Å². The summed E-state index contributed by atoms with van der Waals surface area (Å²) in [5, 5.41) is 0. The fraction of sp³-hybridized carbons (Fsp3) is 0.240. The van der Waals surface area contributed by atoms with Crippen LogP contribution in [0.3, 0.4) is 0 Å².